The lowest BCUT2D eigenvalue weighted by Gasteiger charge is -1.99. The summed E-state index contributed by atoms with van der Waals surface area (Å²) in [7, 11) is 1.89. The van der Waals surface area contributed by atoms with E-state index in [1.807, 2.05) is 55.7 Å². The fourth-order valence-electron chi connectivity index (χ4n) is 1.94. The Morgan fingerprint density at radius 1 is 1.14 bits per heavy atom. The number of nitrogens with zero attached hydrogens (tertiary/aromatic N) is 4. The summed E-state index contributed by atoms with van der Waals surface area (Å²) in [5.74, 6) is 0.673. The van der Waals surface area contributed by atoms with Gasteiger partial charge in [-0.3, -0.25) is 4.68 Å². The molecule has 0 aliphatic rings. The Bertz CT molecular complexity index is 792. The van der Waals surface area contributed by atoms with E-state index >= 15 is 0 Å². The molecule has 5 heteroatoms. The topological polar surface area (TPSA) is 43.6 Å². The predicted octanol–water partition coefficient (Wildman–Crippen LogP) is 3.81. The quantitative estimate of drug-likeness (QED) is 0.728. The van der Waals surface area contributed by atoms with Crippen LogP contribution in [-0.4, -0.2) is 19.7 Å². The number of hydrogen-bond acceptors (Lipinski definition) is 3. The highest BCUT2D eigenvalue weighted by atomic mass is 79.9. The summed E-state index contributed by atoms with van der Waals surface area (Å²) >= 11 is 3.52. The normalized spacial score (nSPS) is 11.1. The minimum atomic E-state index is 0.673. The summed E-state index contributed by atoms with van der Waals surface area (Å²) in [6.07, 6.45) is 9.38. The Balaban J connectivity index is 1.88. The number of benzene rings is 1. The molecule has 0 radical (unpaired) electrons. The van der Waals surface area contributed by atoms with Crippen molar-refractivity contribution in [2.75, 3.05) is 0 Å². The SMILES string of the molecule is Cn1cc(-c2ccnc(C=Cc3ccccc3Br)n2)cn1. The summed E-state index contributed by atoms with van der Waals surface area (Å²) in [6.45, 7) is 0. The molecule has 3 aromatic rings. The molecule has 2 heterocycles. The monoisotopic (exact) mass is 340 g/mol. The first kappa shape index (κ1) is 13.7. The third-order valence-electron chi connectivity index (χ3n) is 2.99. The van der Waals surface area contributed by atoms with Crippen molar-refractivity contribution in [1.29, 1.82) is 0 Å². The molecular formula is C16H13BrN4. The van der Waals surface area contributed by atoms with E-state index in [4.69, 9.17) is 0 Å². The van der Waals surface area contributed by atoms with Crippen LogP contribution in [0.1, 0.15) is 11.4 Å². The van der Waals surface area contributed by atoms with Gasteiger partial charge in [-0.2, -0.15) is 5.10 Å². The van der Waals surface area contributed by atoms with Gasteiger partial charge in [-0.15, -0.1) is 0 Å². The number of rotatable bonds is 3. The number of aromatic nitrogens is 4. The highest BCUT2D eigenvalue weighted by Gasteiger charge is 2.03. The van der Waals surface area contributed by atoms with Crippen LogP contribution in [0.5, 0.6) is 0 Å². The van der Waals surface area contributed by atoms with Crippen LogP contribution in [-0.2, 0) is 7.05 Å². The molecule has 0 atom stereocenters. The van der Waals surface area contributed by atoms with E-state index < -0.39 is 0 Å². The molecule has 1 aromatic carbocycles. The van der Waals surface area contributed by atoms with Crippen molar-refractivity contribution in [2.45, 2.75) is 0 Å². The molecule has 0 fully saturated rings. The molecule has 3 rings (SSSR count). The van der Waals surface area contributed by atoms with Gasteiger partial charge in [0, 0.05) is 29.5 Å². The van der Waals surface area contributed by atoms with Crippen molar-refractivity contribution in [1.82, 2.24) is 19.7 Å². The first-order valence-corrected chi connectivity index (χ1v) is 7.26. The van der Waals surface area contributed by atoms with Crippen molar-refractivity contribution in [3.05, 3.63) is 64.8 Å². The molecule has 0 spiro atoms. The average molecular weight is 341 g/mol. The van der Waals surface area contributed by atoms with E-state index in [1.54, 1.807) is 17.1 Å². The van der Waals surface area contributed by atoms with Crippen LogP contribution in [0.3, 0.4) is 0 Å². The van der Waals surface area contributed by atoms with Crippen LogP contribution in [0, 0.1) is 0 Å². The van der Waals surface area contributed by atoms with Crippen molar-refractivity contribution >= 4 is 28.1 Å². The summed E-state index contributed by atoms with van der Waals surface area (Å²) < 4.78 is 2.80. The molecule has 21 heavy (non-hydrogen) atoms. The van der Waals surface area contributed by atoms with Gasteiger partial charge in [0.05, 0.1) is 11.9 Å². The number of hydrogen-bond donors (Lipinski definition) is 0. The van der Waals surface area contributed by atoms with Gasteiger partial charge in [0.15, 0.2) is 5.82 Å². The second kappa shape index (κ2) is 6.01. The van der Waals surface area contributed by atoms with Gasteiger partial charge in [-0.05, 0) is 23.8 Å². The molecule has 0 saturated carbocycles. The number of aryl methyl sites for hydroxylation is 1. The zero-order valence-electron chi connectivity index (χ0n) is 11.4. The molecule has 0 unspecified atom stereocenters. The molecule has 0 aliphatic carbocycles. The van der Waals surface area contributed by atoms with Gasteiger partial charge in [0.2, 0.25) is 0 Å². The Morgan fingerprint density at radius 2 is 2.00 bits per heavy atom. The standard InChI is InChI=1S/C16H13BrN4/c1-21-11-13(10-19-21)15-8-9-18-16(20-15)7-6-12-4-2-3-5-14(12)17/h2-11H,1H3. The second-order valence-electron chi connectivity index (χ2n) is 4.56. The molecule has 4 nitrogen and oxygen atoms in total. The maximum Gasteiger partial charge on any atom is 0.152 e. The van der Waals surface area contributed by atoms with E-state index in [1.165, 1.54) is 0 Å². The molecule has 0 bridgehead atoms. The van der Waals surface area contributed by atoms with Gasteiger partial charge in [0.25, 0.3) is 0 Å². The van der Waals surface area contributed by atoms with E-state index in [9.17, 15) is 0 Å². The van der Waals surface area contributed by atoms with Crippen LogP contribution in [0.15, 0.2) is 53.4 Å². The molecule has 0 N–H and O–H groups in total. The Kier molecular flexibility index (Phi) is 3.92. The van der Waals surface area contributed by atoms with Crippen molar-refractivity contribution in [3.8, 4) is 11.3 Å². The summed E-state index contributed by atoms with van der Waals surface area (Å²) in [6, 6.07) is 9.91. The van der Waals surface area contributed by atoms with Gasteiger partial charge >= 0.3 is 0 Å². The summed E-state index contributed by atoms with van der Waals surface area (Å²) in [4.78, 5) is 8.81. The Hall–Kier alpha value is -2.27. The van der Waals surface area contributed by atoms with Crippen LogP contribution >= 0.6 is 15.9 Å². The van der Waals surface area contributed by atoms with E-state index in [2.05, 4.69) is 31.0 Å². The lowest BCUT2D eigenvalue weighted by Crippen LogP contribution is -1.89. The van der Waals surface area contributed by atoms with Gasteiger partial charge in [-0.1, -0.05) is 40.2 Å². The minimum absolute atomic E-state index is 0.673. The van der Waals surface area contributed by atoms with Crippen LogP contribution in [0.2, 0.25) is 0 Å². The number of halogens is 1. The fourth-order valence-corrected chi connectivity index (χ4v) is 2.36. The van der Waals surface area contributed by atoms with E-state index in [0.29, 0.717) is 5.82 Å². The lowest BCUT2D eigenvalue weighted by molar-refractivity contribution is 0.768. The first-order valence-electron chi connectivity index (χ1n) is 6.47. The fraction of sp³-hybridized carbons (Fsp3) is 0.0625. The highest BCUT2D eigenvalue weighted by Crippen LogP contribution is 2.19. The zero-order chi connectivity index (χ0) is 14.7. The molecule has 2 aromatic heterocycles. The smallest absolute Gasteiger partial charge is 0.152 e. The lowest BCUT2D eigenvalue weighted by atomic mass is 10.2. The molecule has 0 aliphatic heterocycles. The van der Waals surface area contributed by atoms with Crippen molar-refractivity contribution in [3.63, 3.8) is 0 Å². The maximum atomic E-state index is 4.53. The summed E-state index contributed by atoms with van der Waals surface area (Å²) in [5.41, 5.74) is 2.94. The van der Waals surface area contributed by atoms with Crippen LogP contribution < -0.4 is 0 Å². The first-order chi connectivity index (χ1) is 10.2. The Morgan fingerprint density at radius 3 is 2.76 bits per heavy atom. The molecule has 0 amide bonds. The molecule has 0 saturated heterocycles. The van der Waals surface area contributed by atoms with Gasteiger partial charge in [0.1, 0.15) is 0 Å². The third kappa shape index (κ3) is 3.25. The van der Waals surface area contributed by atoms with E-state index in [0.717, 1.165) is 21.3 Å². The van der Waals surface area contributed by atoms with Crippen molar-refractivity contribution in [2.24, 2.45) is 7.05 Å². The zero-order valence-corrected chi connectivity index (χ0v) is 13.0. The Labute approximate surface area is 131 Å². The second-order valence-corrected chi connectivity index (χ2v) is 5.41. The largest absolute Gasteiger partial charge is 0.275 e. The van der Waals surface area contributed by atoms with Crippen molar-refractivity contribution < 1.29 is 0 Å². The van der Waals surface area contributed by atoms with Gasteiger partial charge in [-0.25, -0.2) is 9.97 Å². The summed E-state index contributed by atoms with van der Waals surface area (Å²) in [5, 5.41) is 4.16. The molecular weight excluding hydrogens is 328 g/mol. The third-order valence-corrected chi connectivity index (χ3v) is 3.71. The molecule has 104 valence electrons. The predicted molar refractivity (Wildman–Crippen MR) is 87.3 cm³/mol. The maximum absolute atomic E-state index is 4.53. The van der Waals surface area contributed by atoms with E-state index in [-0.39, 0.29) is 0 Å². The van der Waals surface area contributed by atoms with Gasteiger partial charge < -0.3 is 0 Å². The highest BCUT2D eigenvalue weighted by molar-refractivity contribution is 9.10. The minimum Gasteiger partial charge on any atom is -0.275 e. The average Bonchev–Trinajstić information content (AvgIpc) is 2.93. The van der Waals surface area contributed by atoms with Crippen LogP contribution in [0.25, 0.3) is 23.4 Å². The van der Waals surface area contributed by atoms with Crippen LogP contribution in [0.4, 0.5) is 0 Å².